The number of rotatable bonds is 7. The molecule has 0 saturated heterocycles. The lowest BCUT2D eigenvalue weighted by molar-refractivity contribution is 0.0950. The molecule has 0 bridgehead atoms. The van der Waals surface area contributed by atoms with Gasteiger partial charge in [0.05, 0.1) is 4.90 Å². The second-order valence-corrected chi connectivity index (χ2v) is 6.92. The van der Waals surface area contributed by atoms with Gasteiger partial charge >= 0.3 is 0 Å². The largest absolute Gasteiger partial charge is 0.396 e. The van der Waals surface area contributed by atoms with E-state index in [0.717, 1.165) is 12.8 Å². The van der Waals surface area contributed by atoms with Crippen LogP contribution in [0.2, 0.25) is 0 Å². The summed E-state index contributed by atoms with van der Waals surface area (Å²) < 4.78 is 26.9. The van der Waals surface area contributed by atoms with E-state index in [-0.39, 0.29) is 23.5 Å². The topological polar surface area (TPSA) is 95.5 Å². The van der Waals surface area contributed by atoms with Crippen LogP contribution in [0.5, 0.6) is 0 Å². The molecule has 21 heavy (non-hydrogen) atoms. The molecule has 6 nitrogen and oxygen atoms in total. The van der Waals surface area contributed by atoms with Crippen molar-refractivity contribution in [3.63, 3.8) is 0 Å². The average Bonchev–Trinajstić information content (AvgIpc) is 3.22. The molecule has 0 atom stereocenters. The predicted octanol–water partition coefficient (Wildman–Crippen LogP) is 0.548. The van der Waals surface area contributed by atoms with Crippen molar-refractivity contribution in [3.8, 4) is 0 Å². The van der Waals surface area contributed by atoms with Gasteiger partial charge in [-0.05, 0) is 43.9 Å². The first-order chi connectivity index (χ1) is 9.94. The van der Waals surface area contributed by atoms with Crippen LogP contribution in [-0.2, 0) is 10.0 Å². The van der Waals surface area contributed by atoms with E-state index < -0.39 is 10.0 Å². The highest BCUT2D eigenvalue weighted by molar-refractivity contribution is 7.89. The summed E-state index contributed by atoms with van der Waals surface area (Å²) in [5.74, 6) is -0.329. The van der Waals surface area contributed by atoms with E-state index in [1.165, 1.54) is 12.1 Å². The number of carbonyl (C=O) groups is 1. The van der Waals surface area contributed by atoms with Crippen LogP contribution in [0, 0.1) is 6.92 Å². The average molecular weight is 312 g/mol. The minimum Gasteiger partial charge on any atom is -0.396 e. The van der Waals surface area contributed by atoms with Crippen LogP contribution in [0.15, 0.2) is 23.1 Å². The van der Waals surface area contributed by atoms with Crippen LogP contribution in [0.4, 0.5) is 0 Å². The molecule has 0 aromatic heterocycles. The van der Waals surface area contributed by atoms with Gasteiger partial charge < -0.3 is 10.4 Å². The molecule has 1 aromatic rings. The molecule has 2 rings (SSSR count). The summed E-state index contributed by atoms with van der Waals surface area (Å²) in [7, 11) is -3.56. The number of carbonyl (C=O) groups excluding carboxylic acids is 1. The van der Waals surface area contributed by atoms with Crippen molar-refractivity contribution < 1.29 is 18.3 Å². The van der Waals surface area contributed by atoms with Gasteiger partial charge in [0.2, 0.25) is 10.0 Å². The van der Waals surface area contributed by atoms with Gasteiger partial charge in [0.15, 0.2) is 0 Å². The zero-order valence-corrected chi connectivity index (χ0v) is 12.7. The summed E-state index contributed by atoms with van der Waals surface area (Å²) in [6.45, 7) is 2.11. The lowest BCUT2D eigenvalue weighted by atomic mass is 10.1. The van der Waals surface area contributed by atoms with E-state index in [0.29, 0.717) is 24.1 Å². The van der Waals surface area contributed by atoms with E-state index in [1.807, 2.05) is 0 Å². The smallest absolute Gasteiger partial charge is 0.251 e. The molecule has 1 aliphatic rings. The highest BCUT2D eigenvalue weighted by Gasteiger charge is 2.28. The van der Waals surface area contributed by atoms with E-state index in [9.17, 15) is 13.2 Å². The van der Waals surface area contributed by atoms with Crippen LogP contribution >= 0.6 is 0 Å². The van der Waals surface area contributed by atoms with Gasteiger partial charge in [-0.2, -0.15) is 0 Å². The number of sulfonamides is 1. The molecule has 3 N–H and O–H groups in total. The van der Waals surface area contributed by atoms with Gasteiger partial charge in [-0.25, -0.2) is 13.1 Å². The Balaban J connectivity index is 2.18. The summed E-state index contributed by atoms with van der Waals surface area (Å²) in [5, 5.41) is 11.4. The summed E-state index contributed by atoms with van der Waals surface area (Å²) >= 11 is 0. The Hall–Kier alpha value is -1.44. The SMILES string of the molecule is Cc1ccc(S(=O)(=O)NC2CC2)cc1C(=O)NCCCO. The number of nitrogens with one attached hydrogen (secondary N) is 2. The van der Waals surface area contributed by atoms with Gasteiger partial charge in [-0.1, -0.05) is 6.07 Å². The Morgan fingerprint density at radius 2 is 2.10 bits per heavy atom. The minimum absolute atomic E-state index is 0.00100. The maximum atomic E-state index is 12.2. The third-order valence-electron chi connectivity index (χ3n) is 3.28. The Morgan fingerprint density at radius 3 is 2.71 bits per heavy atom. The van der Waals surface area contributed by atoms with Gasteiger partial charge in [-0.3, -0.25) is 4.79 Å². The first kappa shape index (κ1) is 15.9. The molecule has 1 fully saturated rings. The molecule has 0 heterocycles. The van der Waals surface area contributed by atoms with Crippen LogP contribution in [-0.4, -0.2) is 38.6 Å². The molecular weight excluding hydrogens is 292 g/mol. The molecule has 1 saturated carbocycles. The fraction of sp³-hybridized carbons (Fsp3) is 0.500. The van der Waals surface area contributed by atoms with Crippen LogP contribution in [0.3, 0.4) is 0 Å². The Morgan fingerprint density at radius 1 is 1.38 bits per heavy atom. The van der Waals surface area contributed by atoms with Gasteiger partial charge in [0, 0.05) is 24.8 Å². The second kappa shape index (κ2) is 6.55. The summed E-state index contributed by atoms with van der Waals surface area (Å²) in [5.41, 5.74) is 1.05. The monoisotopic (exact) mass is 312 g/mol. The van der Waals surface area contributed by atoms with Crippen LogP contribution < -0.4 is 10.0 Å². The zero-order valence-electron chi connectivity index (χ0n) is 11.9. The quantitative estimate of drug-likeness (QED) is 0.641. The number of hydrogen-bond acceptors (Lipinski definition) is 4. The van der Waals surface area contributed by atoms with Gasteiger partial charge in [0.25, 0.3) is 5.91 Å². The van der Waals surface area contributed by atoms with E-state index in [2.05, 4.69) is 10.0 Å². The summed E-state index contributed by atoms with van der Waals surface area (Å²) in [6, 6.07) is 4.56. The molecule has 7 heteroatoms. The fourth-order valence-electron chi connectivity index (χ4n) is 1.88. The first-order valence-electron chi connectivity index (χ1n) is 6.96. The number of benzene rings is 1. The normalized spacial score (nSPS) is 15.0. The molecule has 1 aromatic carbocycles. The highest BCUT2D eigenvalue weighted by Crippen LogP contribution is 2.23. The number of aliphatic hydroxyl groups is 1. The molecule has 0 spiro atoms. The van der Waals surface area contributed by atoms with Crippen LogP contribution in [0.1, 0.15) is 35.2 Å². The van der Waals surface area contributed by atoms with Crippen molar-refractivity contribution in [3.05, 3.63) is 29.3 Å². The van der Waals surface area contributed by atoms with Crippen molar-refractivity contribution >= 4 is 15.9 Å². The highest BCUT2D eigenvalue weighted by atomic mass is 32.2. The maximum Gasteiger partial charge on any atom is 0.251 e. The number of hydrogen-bond donors (Lipinski definition) is 3. The van der Waals surface area contributed by atoms with Crippen LogP contribution in [0.25, 0.3) is 0 Å². The molecule has 116 valence electrons. The molecule has 1 amide bonds. The van der Waals surface area contributed by atoms with Crippen molar-refractivity contribution in [2.75, 3.05) is 13.2 Å². The zero-order chi connectivity index (χ0) is 15.5. The lowest BCUT2D eigenvalue weighted by Crippen LogP contribution is -2.28. The molecule has 0 unspecified atom stereocenters. The van der Waals surface area contributed by atoms with Crippen molar-refractivity contribution in [2.24, 2.45) is 0 Å². The Labute approximate surface area is 124 Å². The summed E-state index contributed by atoms with van der Waals surface area (Å²) in [6.07, 6.45) is 2.19. The first-order valence-corrected chi connectivity index (χ1v) is 8.44. The van der Waals surface area contributed by atoms with E-state index in [4.69, 9.17) is 5.11 Å². The third-order valence-corrected chi connectivity index (χ3v) is 4.80. The standard InChI is InChI=1S/C14H20N2O4S/c1-10-3-6-12(21(19,20)16-11-4-5-11)9-13(10)14(18)15-7-2-8-17/h3,6,9,11,16-17H,2,4-5,7-8H2,1H3,(H,15,18). The van der Waals surface area contributed by atoms with Crippen molar-refractivity contribution in [1.82, 2.24) is 10.0 Å². The predicted molar refractivity (Wildman–Crippen MR) is 78.6 cm³/mol. The number of aliphatic hydroxyl groups excluding tert-OH is 1. The Kier molecular flexibility index (Phi) is 4.97. The number of amides is 1. The third kappa shape index (κ3) is 4.26. The number of aryl methyl sites for hydroxylation is 1. The van der Waals surface area contributed by atoms with Crippen molar-refractivity contribution in [2.45, 2.75) is 37.1 Å². The Bertz CT molecular complexity index is 624. The molecule has 0 aliphatic heterocycles. The second-order valence-electron chi connectivity index (χ2n) is 5.21. The molecule has 0 radical (unpaired) electrons. The maximum absolute atomic E-state index is 12.2. The minimum atomic E-state index is -3.56. The molecule has 1 aliphatic carbocycles. The summed E-state index contributed by atoms with van der Waals surface area (Å²) in [4.78, 5) is 12.2. The molecular formula is C14H20N2O4S. The van der Waals surface area contributed by atoms with Gasteiger partial charge in [-0.15, -0.1) is 0 Å². The fourth-order valence-corrected chi connectivity index (χ4v) is 3.21. The lowest BCUT2D eigenvalue weighted by Gasteiger charge is -2.10. The van der Waals surface area contributed by atoms with E-state index in [1.54, 1.807) is 13.0 Å². The van der Waals surface area contributed by atoms with Gasteiger partial charge in [0.1, 0.15) is 0 Å². The van der Waals surface area contributed by atoms with E-state index >= 15 is 0 Å². The van der Waals surface area contributed by atoms with Crippen molar-refractivity contribution in [1.29, 1.82) is 0 Å².